The lowest BCUT2D eigenvalue weighted by Crippen LogP contribution is -2.49. The number of hydrogen-bond donors (Lipinski definition) is 2. The van der Waals surface area contributed by atoms with Gasteiger partial charge in [0.05, 0.1) is 11.3 Å². The summed E-state index contributed by atoms with van der Waals surface area (Å²) in [6.45, 7) is 2.94. The Morgan fingerprint density at radius 1 is 1.06 bits per heavy atom. The van der Waals surface area contributed by atoms with Crippen molar-refractivity contribution in [2.45, 2.75) is 37.1 Å². The van der Waals surface area contributed by atoms with E-state index in [1.54, 1.807) is 22.0 Å². The molecule has 2 aliphatic rings. The Kier molecular flexibility index (Phi) is 6.44. The average molecular weight is 527 g/mol. The first-order chi connectivity index (χ1) is 17.2. The number of rotatable bonds is 6. The molecule has 0 unspecified atom stereocenters. The first-order valence-electron chi connectivity index (χ1n) is 11.6. The van der Waals surface area contributed by atoms with Crippen LogP contribution in [0.2, 0.25) is 0 Å². The van der Waals surface area contributed by atoms with Crippen molar-refractivity contribution in [1.29, 1.82) is 0 Å². The van der Waals surface area contributed by atoms with Crippen molar-refractivity contribution < 1.29 is 18.0 Å². The van der Waals surface area contributed by atoms with Gasteiger partial charge in [0.1, 0.15) is 5.69 Å². The van der Waals surface area contributed by atoms with Crippen LogP contribution < -0.4 is 15.6 Å². The average Bonchev–Trinajstić information content (AvgIpc) is 3.34. The van der Waals surface area contributed by atoms with E-state index in [9.17, 15) is 22.8 Å². The van der Waals surface area contributed by atoms with Crippen LogP contribution >= 0.6 is 11.3 Å². The zero-order valence-corrected chi connectivity index (χ0v) is 21.3. The second kappa shape index (κ2) is 9.55. The van der Waals surface area contributed by atoms with Crippen LogP contribution in [0.25, 0.3) is 0 Å². The van der Waals surface area contributed by atoms with Gasteiger partial charge in [-0.05, 0) is 60.2 Å². The molecule has 0 spiro atoms. The second-order valence-corrected chi connectivity index (χ2v) is 12.0. The molecular formula is C25H26N4O5S2. The van der Waals surface area contributed by atoms with E-state index >= 15 is 0 Å². The first-order valence-corrected chi connectivity index (χ1v) is 14.0. The van der Waals surface area contributed by atoms with Crippen molar-refractivity contribution in [2.75, 3.05) is 23.1 Å². The summed E-state index contributed by atoms with van der Waals surface area (Å²) in [5.41, 5.74) is 0.895. The molecule has 3 aromatic rings. The molecule has 0 aliphatic carbocycles. The number of likely N-dealkylation sites (tertiary alicyclic amines) is 1. The molecule has 2 N–H and O–H groups in total. The van der Waals surface area contributed by atoms with Gasteiger partial charge >= 0.3 is 0 Å². The van der Waals surface area contributed by atoms with Crippen LogP contribution in [0.5, 0.6) is 0 Å². The van der Waals surface area contributed by atoms with E-state index in [1.807, 2.05) is 22.4 Å². The maximum atomic E-state index is 13.3. The van der Waals surface area contributed by atoms with E-state index in [0.717, 1.165) is 17.0 Å². The Morgan fingerprint density at radius 2 is 1.83 bits per heavy atom. The largest absolute Gasteiger partial charge is 0.341 e. The number of benzene rings is 1. The molecule has 4 heterocycles. The smallest absolute Gasteiger partial charge is 0.275 e. The summed E-state index contributed by atoms with van der Waals surface area (Å²) in [6, 6.07) is 12.9. The molecule has 36 heavy (non-hydrogen) atoms. The number of aromatic nitrogens is 1. The van der Waals surface area contributed by atoms with Crippen molar-refractivity contribution in [2.24, 2.45) is 5.92 Å². The van der Waals surface area contributed by atoms with Crippen LogP contribution in [0.1, 0.15) is 29.8 Å². The summed E-state index contributed by atoms with van der Waals surface area (Å²) in [4.78, 5) is 40.2. The van der Waals surface area contributed by atoms with Crippen LogP contribution in [0.4, 0.5) is 11.4 Å². The highest BCUT2D eigenvalue weighted by molar-refractivity contribution is 7.92. The van der Waals surface area contributed by atoms with Crippen molar-refractivity contribution >= 4 is 44.5 Å². The SMILES string of the molecule is CC(=O)Nc1ccc(S(=O)(=O)Nc2ccc3n(c2=O)C[C@H]2C[C@@H]3CN(C(=O)Cc3cccs3)C2)cc1. The molecule has 11 heteroatoms. The van der Waals surface area contributed by atoms with Gasteiger partial charge in [-0.1, -0.05) is 6.07 Å². The number of piperidine rings is 1. The molecule has 2 aliphatic heterocycles. The lowest BCUT2D eigenvalue weighted by molar-refractivity contribution is -0.133. The Labute approximate surface area is 212 Å². The predicted molar refractivity (Wildman–Crippen MR) is 138 cm³/mol. The molecule has 188 valence electrons. The molecular weight excluding hydrogens is 500 g/mol. The highest BCUT2D eigenvalue weighted by Gasteiger charge is 2.36. The van der Waals surface area contributed by atoms with Gasteiger partial charge in [0, 0.05) is 48.7 Å². The minimum Gasteiger partial charge on any atom is -0.341 e. The number of thiophene rings is 1. The van der Waals surface area contributed by atoms with E-state index < -0.39 is 10.0 Å². The fourth-order valence-corrected chi connectivity index (χ4v) is 6.78. The standard InChI is InChI=1S/C25H26N4O5S2/c1-16(30)26-19-4-6-21(7-5-19)36(33,34)27-22-8-9-23-18-11-17(14-29(23)25(22)32)13-28(15-18)24(31)12-20-3-2-10-35-20/h2-10,17-18,27H,11-15H2,1H3,(H,26,30)/t17-,18+/m0/s1. The predicted octanol–water partition coefficient (Wildman–Crippen LogP) is 2.86. The van der Waals surface area contributed by atoms with Gasteiger partial charge in [-0.15, -0.1) is 11.3 Å². The Balaban J connectivity index is 1.34. The van der Waals surface area contributed by atoms with Crippen molar-refractivity contribution in [3.05, 3.63) is 74.8 Å². The molecule has 1 fully saturated rings. The number of amides is 2. The van der Waals surface area contributed by atoms with Gasteiger partial charge in [0.15, 0.2) is 0 Å². The van der Waals surface area contributed by atoms with Crippen LogP contribution in [-0.4, -0.2) is 42.8 Å². The lowest BCUT2D eigenvalue weighted by atomic mass is 9.83. The van der Waals surface area contributed by atoms with Crippen LogP contribution in [0.15, 0.2) is 63.6 Å². The Bertz CT molecular complexity index is 1460. The fourth-order valence-electron chi connectivity index (χ4n) is 5.03. The quantitative estimate of drug-likeness (QED) is 0.512. The van der Waals surface area contributed by atoms with E-state index in [-0.39, 0.29) is 39.8 Å². The number of sulfonamides is 1. The number of carbonyl (C=O) groups is 2. The summed E-state index contributed by atoms with van der Waals surface area (Å²) < 4.78 is 29.9. The normalized spacial score (nSPS) is 18.9. The number of fused-ring (bicyclic) bond motifs is 4. The van der Waals surface area contributed by atoms with E-state index in [4.69, 9.17) is 0 Å². The van der Waals surface area contributed by atoms with Gasteiger partial charge < -0.3 is 14.8 Å². The van der Waals surface area contributed by atoms with Crippen LogP contribution in [0.3, 0.4) is 0 Å². The highest BCUT2D eigenvalue weighted by atomic mass is 32.2. The topological polar surface area (TPSA) is 118 Å². The number of anilines is 2. The number of nitrogens with one attached hydrogen (secondary N) is 2. The summed E-state index contributed by atoms with van der Waals surface area (Å²) in [5, 5.41) is 4.55. The van der Waals surface area contributed by atoms with E-state index in [0.29, 0.717) is 31.7 Å². The zero-order chi connectivity index (χ0) is 25.4. The first kappa shape index (κ1) is 24.3. The summed E-state index contributed by atoms with van der Waals surface area (Å²) in [6.07, 6.45) is 1.28. The van der Waals surface area contributed by atoms with Gasteiger partial charge in [-0.2, -0.15) is 0 Å². The molecule has 2 atom stereocenters. The van der Waals surface area contributed by atoms with Crippen LogP contribution in [-0.2, 0) is 32.6 Å². The third-order valence-corrected chi connectivity index (χ3v) is 8.85. The highest BCUT2D eigenvalue weighted by Crippen LogP contribution is 2.36. The zero-order valence-electron chi connectivity index (χ0n) is 19.6. The molecule has 2 amide bonds. The molecule has 2 aromatic heterocycles. The maximum Gasteiger partial charge on any atom is 0.275 e. The Morgan fingerprint density at radius 3 is 2.53 bits per heavy atom. The second-order valence-electron chi connectivity index (χ2n) is 9.25. The van der Waals surface area contributed by atoms with Crippen LogP contribution in [0, 0.1) is 5.92 Å². The molecule has 1 saturated heterocycles. The van der Waals surface area contributed by atoms with Crippen molar-refractivity contribution in [3.63, 3.8) is 0 Å². The summed E-state index contributed by atoms with van der Waals surface area (Å²) >= 11 is 1.57. The molecule has 0 saturated carbocycles. The Hall–Kier alpha value is -3.44. The van der Waals surface area contributed by atoms with E-state index in [1.165, 1.54) is 37.3 Å². The van der Waals surface area contributed by atoms with Crippen molar-refractivity contribution in [1.82, 2.24) is 9.47 Å². The molecule has 5 rings (SSSR count). The van der Waals surface area contributed by atoms with Gasteiger partial charge in [-0.3, -0.25) is 19.1 Å². The van der Waals surface area contributed by atoms with E-state index in [2.05, 4.69) is 10.0 Å². The minimum absolute atomic E-state index is 0.0181. The number of pyridine rings is 1. The third kappa shape index (κ3) is 4.93. The maximum absolute atomic E-state index is 13.3. The van der Waals surface area contributed by atoms with Gasteiger partial charge in [0.25, 0.3) is 15.6 Å². The fraction of sp³-hybridized carbons (Fsp3) is 0.320. The molecule has 9 nitrogen and oxygen atoms in total. The molecule has 2 bridgehead atoms. The molecule has 1 aromatic carbocycles. The summed E-state index contributed by atoms with van der Waals surface area (Å²) in [7, 11) is -4.00. The third-order valence-electron chi connectivity index (χ3n) is 6.59. The lowest BCUT2D eigenvalue weighted by Gasteiger charge is -2.43. The van der Waals surface area contributed by atoms with Gasteiger partial charge in [-0.25, -0.2) is 8.42 Å². The van der Waals surface area contributed by atoms with Gasteiger partial charge in [0.2, 0.25) is 11.8 Å². The number of carbonyl (C=O) groups excluding carboxylic acids is 2. The number of hydrogen-bond acceptors (Lipinski definition) is 6. The monoisotopic (exact) mass is 526 g/mol. The summed E-state index contributed by atoms with van der Waals surface area (Å²) in [5.74, 6) is 0.00120. The molecule has 0 radical (unpaired) electrons. The number of nitrogens with zero attached hydrogens (tertiary/aromatic N) is 2. The minimum atomic E-state index is -4.00. The van der Waals surface area contributed by atoms with Crippen molar-refractivity contribution in [3.8, 4) is 0 Å².